The van der Waals surface area contributed by atoms with E-state index in [0.717, 1.165) is 6.26 Å². The lowest BCUT2D eigenvalue weighted by Crippen LogP contribution is -2.03. The molecular formula is C22H18F2N2O3S. The highest BCUT2D eigenvalue weighted by molar-refractivity contribution is 7.90. The fraction of sp³-hybridized carbons (Fsp3) is 0.136. The van der Waals surface area contributed by atoms with E-state index in [1.165, 1.54) is 24.3 Å². The van der Waals surface area contributed by atoms with E-state index < -0.39 is 21.5 Å². The van der Waals surface area contributed by atoms with Gasteiger partial charge in [-0.25, -0.2) is 22.2 Å². The van der Waals surface area contributed by atoms with E-state index in [1.807, 2.05) is 0 Å². The zero-order valence-corrected chi connectivity index (χ0v) is 17.1. The molecular weight excluding hydrogens is 410 g/mol. The van der Waals surface area contributed by atoms with E-state index in [-0.39, 0.29) is 17.1 Å². The molecule has 0 spiro atoms. The summed E-state index contributed by atoms with van der Waals surface area (Å²) >= 11 is 0. The fourth-order valence-corrected chi connectivity index (χ4v) is 3.98. The number of ether oxygens (including phenoxy) is 1. The van der Waals surface area contributed by atoms with Gasteiger partial charge in [-0.15, -0.1) is 0 Å². The van der Waals surface area contributed by atoms with Crippen molar-refractivity contribution in [3.63, 3.8) is 0 Å². The molecule has 0 unspecified atom stereocenters. The predicted octanol–water partition coefficient (Wildman–Crippen LogP) is 4.57. The molecule has 0 N–H and O–H groups in total. The maximum absolute atomic E-state index is 13.9. The summed E-state index contributed by atoms with van der Waals surface area (Å²) in [6, 6.07) is 13.6. The van der Waals surface area contributed by atoms with Crippen LogP contribution in [0.25, 0.3) is 16.9 Å². The summed E-state index contributed by atoms with van der Waals surface area (Å²) in [6.07, 6.45) is 2.93. The van der Waals surface area contributed by atoms with E-state index in [4.69, 9.17) is 4.74 Å². The Morgan fingerprint density at radius 2 is 1.73 bits per heavy atom. The van der Waals surface area contributed by atoms with E-state index in [9.17, 15) is 17.2 Å². The first-order valence-electron chi connectivity index (χ1n) is 9.09. The van der Waals surface area contributed by atoms with Crippen molar-refractivity contribution in [2.24, 2.45) is 0 Å². The van der Waals surface area contributed by atoms with Crippen molar-refractivity contribution in [2.45, 2.75) is 18.4 Å². The third-order valence-electron chi connectivity index (χ3n) is 4.76. The number of imidazole rings is 1. The van der Waals surface area contributed by atoms with Crippen molar-refractivity contribution >= 4 is 15.5 Å². The molecule has 0 aliphatic rings. The van der Waals surface area contributed by atoms with Gasteiger partial charge in [0.1, 0.15) is 18.2 Å². The Morgan fingerprint density at radius 1 is 1.03 bits per heavy atom. The predicted molar refractivity (Wildman–Crippen MR) is 109 cm³/mol. The lowest BCUT2D eigenvalue weighted by molar-refractivity contribution is 0.294. The minimum Gasteiger partial charge on any atom is -0.485 e. The van der Waals surface area contributed by atoms with Crippen LogP contribution in [0.5, 0.6) is 5.75 Å². The topological polar surface area (TPSA) is 60.7 Å². The average Bonchev–Trinajstić information content (AvgIpc) is 3.03. The molecule has 0 saturated carbocycles. The number of nitrogens with zero attached hydrogens (tertiary/aromatic N) is 2. The molecule has 2 aromatic heterocycles. The number of pyridine rings is 1. The molecule has 0 bridgehead atoms. The first kappa shape index (κ1) is 20.0. The molecule has 0 saturated heterocycles. The van der Waals surface area contributed by atoms with Crippen LogP contribution in [-0.2, 0) is 16.4 Å². The van der Waals surface area contributed by atoms with Crippen molar-refractivity contribution in [2.75, 3.05) is 6.26 Å². The third kappa shape index (κ3) is 3.66. The standard InChI is InChI=1S/C22H18F2N2O3S/c1-14-21(15-6-3-7-16(12-15)30(2,27)28)26-11-5-10-20(22(26)25-14)29-13-17-18(23)8-4-9-19(17)24/h3-12H,13H2,1-2H3. The van der Waals surface area contributed by atoms with Crippen LogP contribution in [0.4, 0.5) is 8.78 Å². The number of rotatable bonds is 5. The maximum atomic E-state index is 13.9. The Hall–Kier alpha value is -3.26. The highest BCUT2D eigenvalue weighted by atomic mass is 32.2. The highest BCUT2D eigenvalue weighted by Gasteiger charge is 2.17. The van der Waals surface area contributed by atoms with Crippen molar-refractivity contribution in [1.29, 1.82) is 0 Å². The Balaban J connectivity index is 1.76. The number of benzene rings is 2. The fourth-order valence-electron chi connectivity index (χ4n) is 3.31. The first-order valence-corrected chi connectivity index (χ1v) is 11.0. The first-order chi connectivity index (χ1) is 14.3. The molecule has 30 heavy (non-hydrogen) atoms. The summed E-state index contributed by atoms with van der Waals surface area (Å²) < 4.78 is 59.1. The molecule has 2 heterocycles. The van der Waals surface area contributed by atoms with E-state index in [1.54, 1.807) is 47.9 Å². The molecule has 0 amide bonds. The quantitative estimate of drug-likeness (QED) is 0.467. The van der Waals surface area contributed by atoms with Gasteiger partial charge in [0.25, 0.3) is 0 Å². The van der Waals surface area contributed by atoms with Crippen LogP contribution >= 0.6 is 0 Å². The Kier molecular flexibility index (Phi) is 5.03. The average molecular weight is 428 g/mol. The number of fused-ring (bicyclic) bond motifs is 1. The minimum atomic E-state index is -3.36. The maximum Gasteiger partial charge on any atom is 0.180 e. The van der Waals surface area contributed by atoms with Gasteiger partial charge in [-0.2, -0.15) is 0 Å². The van der Waals surface area contributed by atoms with Crippen LogP contribution in [0, 0.1) is 18.6 Å². The van der Waals surface area contributed by atoms with Crippen molar-refractivity contribution in [3.8, 4) is 17.0 Å². The van der Waals surface area contributed by atoms with Crippen LogP contribution < -0.4 is 4.74 Å². The number of aryl methyl sites for hydroxylation is 1. The number of halogens is 2. The summed E-state index contributed by atoms with van der Waals surface area (Å²) in [4.78, 5) is 4.74. The summed E-state index contributed by atoms with van der Waals surface area (Å²) in [5.41, 5.74) is 2.35. The Morgan fingerprint density at radius 3 is 2.43 bits per heavy atom. The SMILES string of the molecule is Cc1nc2c(OCc3c(F)cccc3F)cccn2c1-c1cccc(S(C)(=O)=O)c1. The molecule has 154 valence electrons. The zero-order valence-electron chi connectivity index (χ0n) is 16.3. The van der Waals surface area contributed by atoms with Crippen LogP contribution in [0.2, 0.25) is 0 Å². The molecule has 0 fully saturated rings. The molecule has 0 radical (unpaired) electrons. The number of hydrogen-bond donors (Lipinski definition) is 0. The number of sulfone groups is 1. The van der Waals surface area contributed by atoms with Gasteiger partial charge in [-0.05, 0) is 43.3 Å². The van der Waals surface area contributed by atoms with Gasteiger partial charge in [0, 0.05) is 18.0 Å². The normalized spacial score (nSPS) is 11.7. The van der Waals surface area contributed by atoms with Crippen molar-refractivity contribution in [1.82, 2.24) is 9.38 Å². The second kappa shape index (κ2) is 7.53. The smallest absolute Gasteiger partial charge is 0.180 e. The monoisotopic (exact) mass is 428 g/mol. The van der Waals surface area contributed by atoms with Gasteiger partial charge in [-0.1, -0.05) is 18.2 Å². The molecule has 5 nitrogen and oxygen atoms in total. The van der Waals surface area contributed by atoms with Crippen molar-refractivity contribution < 1.29 is 21.9 Å². The molecule has 0 aliphatic heterocycles. The number of aromatic nitrogens is 2. The second-order valence-electron chi connectivity index (χ2n) is 6.90. The summed E-state index contributed by atoms with van der Waals surface area (Å²) in [5.74, 6) is -1.01. The van der Waals surface area contributed by atoms with E-state index in [0.29, 0.717) is 28.3 Å². The highest BCUT2D eigenvalue weighted by Crippen LogP contribution is 2.30. The lowest BCUT2D eigenvalue weighted by atomic mass is 10.1. The van der Waals surface area contributed by atoms with Crippen LogP contribution in [0.3, 0.4) is 0 Å². The molecule has 0 atom stereocenters. The Bertz CT molecular complexity index is 1340. The summed E-state index contributed by atoms with van der Waals surface area (Å²) in [6.45, 7) is 1.51. The largest absolute Gasteiger partial charge is 0.485 e. The molecule has 4 rings (SSSR count). The Labute approximate surface area is 172 Å². The lowest BCUT2D eigenvalue weighted by Gasteiger charge is -2.10. The van der Waals surface area contributed by atoms with Crippen LogP contribution in [0.1, 0.15) is 11.3 Å². The molecule has 2 aromatic carbocycles. The van der Waals surface area contributed by atoms with Gasteiger partial charge in [0.15, 0.2) is 21.2 Å². The van der Waals surface area contributed by atoms with Gasteiger partial charge in [0.2, 0.25) is 0 Å². The van der Waals surface area contributed by atoms with Gasteiger partial charge < -0.3 is 4.74 Å². The van der Waals surface area contributed by atoms with Crippen LogP contribution in [0.15, 0.2) is 65.7 Å². The molecule has 4 aromatic rings. The van der Waals surface area contributed by atoms with Crippen LogP contribution in [-0.4, -0.2) is 24.1 Å². The van der Waals surface area contributed by atoms with Crippen molar-refractivity contribution in [3.05, 3.63) is 83.7 Å². The summed E-state index contributed by atoms with van der Waals surface area (Å²) in [7, 11) is -3.36. The van der Waals surface area contributed by atoms with E-state index in [2.05, 4.69) is 4.98 Å². The minimum absolute atomic E-state index is 0.163. The van der Waals surface area contributed by atoms with Gasteiger partial charge in [0.05, 0.1) is 21.8 Å². The summed E-state index contributed by atoms with van der Waals surface area (Å²) in [5, 5.41) is 0. The number of hydrogen-bond acceptors (Lipinski definition) is 4. The van der Waals surface area contributed by atoms with Gasteiger partial charge in [-0.3, -0.25) is 4.40 Å². The molecule has 0 aliphatic carbocycles. The van der Waals surface area contributed by atoms with E-state index >= 15 is 0 Å². The third-order valence-corrected chi connectivity index (χ3v) is 5.87. The van der Waals surface area contributed by atoms with Gasteiger partial charge >= 0.3 is 0 Å². The molecule has 8 heteroatoms. The second-order valence-corrected chi connectivity index (χ2v) is 8.92. The zero-order chi connectivity index (χ0) is 21.5.